The summed E-state index contributed by atoms with van der Waals surface area (Å²) in [6.45, 7) is 6.14. The van der Waals surface area contributed by atoms with E-state index in [1.807, 2.05) is 60.8 Å². The highest BCUT2D eigenvalue weighted by Crippen LogP contribution is 2.16. The average molecular weight is 790 g/mol. The molecule has 0 bridgehead atoms. The number of amides is 1. The van der Waals surface area contributed by atoms with E-state index in [0.717, 1.165) is 83.5 Å². The van der Waals surface area contributed by atoms with Crippen LogP contribution in [0.25, 0.3) is 0 Å². The minimum Gasteiger partial charge on any atom is -0.462 e. The Morgan fingerprint density at radius 3 is 1.47 bits per heavy atom. The lowest BCUT2D eigenvalue weighted by atomic mass is 10.0. The molecule has 0 heterocycles. The fourth-order valence-corrected chi connectivity index (χ4v) is 6.17. The van der Waals surface area contributed by atoms with Crippen LogP contribution in [0.1, 0.15) is 175 Å². The smallest absolute Gasteiger partial charge is 0.306 e. The number of hydrogen-bond donors (Lipinski definition) is 3. The van der Waals surface area contributed by atoms with Crippen LogP contribution in [0.3, 0.4) is 0 Å². The molecule has 3 N–H and O–H groups in total. The van der Waals surface area contributed by atoms with Crippen molar-refractivity contribution in [2.24, 2.45) is 0 Å². The summed E-state index contributed by atoms with van der Waals surface area (Å²) in [5.41, 5.74) is 0. The lowest BCUT2D eigenvalue weighted by molar-refractivity contribution is -0.151. The number of carbonyl (C=O) groups excluding carboxylic acids is 2. The van der Waals surface area contributed by atoms with Gasteiger partial charge in [-0.3, -0.25) is 9.59 Å². The van der Waals surface area contributed by atoms with E-state index in [9.17, 15) is 19.8 Å². The zero-order valence-electron chi connectivity index (χ0n) is 36.4. The molecule has 57 heavy (non-hydrogen) atoms. The van der Waals surface area contributed by atoms with Crippen LogP contribution in [-0.2, 0) is 14.3 Å². The van der Waals surface area contributed by atoms with E-state index in [0.29, 0.717) is 19.3 Å². The normalized spacial score (nSPS) is 14.4. The second kappa shape index (κ2) is 43.6. The number of nitrogens with one attached hydrogen (secondary N) is 1. The van der Waals surface area contributed by atoms with E-state index in [1.54, 1.807) is 0 Å². The van der Waals surface area contributed by atoms with E-state index in [4.69, 9.17) is 4.74 Å². The first-order chi connectivity index (χ1) is 28.0. The van der Waals surface area contributed by atoms with E-state index >= 15 is 0 Å². The third-order valence-electron chi connectivity index (χ3n) is 9.57. The van der Waals surface area contributed by atoms with Crippen molar-refractivity contribution in [1.82, 2.24) is 5.32 Å². The molecule has 0 aromatic heterocycles. The summed E-state index contributed by atoms with van der Waals surface area (Å²) < 4.78 is 5.85. The number of hydrogen-bond acceptors (Lipinski definition) is 5. The first-order valence-corrected chi connectivity index (χ1v) is 22.7. The zero-order chi connectivity index (χ0) is 41.7. The molecule has 0 spiro atoms. The SMILES string of the molecule is CC\C=C/C=C/C=C/C=C\C=C\C=C\CCCC(CC(=O)NC(CO)C(O)CCCCCCCCCCCC)OC(=O)CCCCCCC\C=C/C=C/C=C/CC. The van der Waals surface area contributed by atoms with Crippen molar-refractivity contribution in [2.75, 3.05) is 6.61 Å². The number of ether oxygens (including phenoxy) is 1. The molecule has 0 aromatic carbocycles. The molecule has 6 nitrogen and oxygen atoms in total. The van der Waals surface area contributed by atoms with E-state index in [2.05, 4.69) is 74.7 Å². The van der Waals surface area contributed by atoms with E-state index < -0.39 is 18.2 Å². The van der Waals surface area contributed by atoms with Crippen LogP contribution in [0.5, 0.6) is 0 Å². The molecule has 0 radical (unpaired) electrons. The molecule has 0 saturated heterocycles. The summed E-state index contributed by atoms with van der Waals surface area (Å²) >= 11 is 0. The Kier molecular flexibility index (Phi) is 41.0. The van der Waals surface area contributed by atoms with E-state index in [1.165, 1.54) is 44.9 Å². The van der Waals surface area contributed by atoms with Crippen LogP contribution in [0, 0.1) is 0 Å². The van der Waals surface area contributed by atoms with Gasteiger partial charge in [0, 0.05) is 6.42 Å². The molecule has 3 atom stereocenters. The molecule has 0 aliphatic carbocycles. The first kappa shape index (κ1) is 53.5. The van der Waals surface area contributed by atoms with Gasteiger partial charge in [-0.15, -0.1) is 0 Å². The molecular weight excluding hydrogens is 707 g/mol. The lowest BCUT2D eigenvalue weighted by Crippen LogP contribution is -2.46. The number of allylic oxidation sites excluding steroid dienone is 18. The fourth-order valence-electron chi connectivity index (χ4n) is 6.17. The van der Waals surface area contributed by atoms with Gasteiger partial charge in [0.05, 0.1) is 25.2 Å². The summed E-state index contributed by atoms with van der Waals surface area (Å²) in [6.07, 6.45) is 58.6. The Balaban J connectivity index is 4.84. The molecule has 0 aromatic rings. The zero-order valence-corrected chi connectivity index (χ0v) is 36.4. The number of aliphatic hydroxyl groups is 2. The number of carbonyl (C=O) groups is 2. The molecule has 0 saturated carbocycles. The third-order valence-corrected chi connectivity index (χ3v) is 9.57. The monoisotopic (exact) mass is 790 g/mol. The summed E-state index contributed by atoms with van der Waals surface area (Å²) in [5, 5.41) is 23.6. The van der Waals surface area contributed by atoms with Gasteiger partial charge in [0.25, 0.3) is 0 Å². The van der Waals surface area contributed by atoms with Crippen LogP contribution in [-0.4, -0.2) is 46.9 Å². The van der Waals surface area contributed by atoms with Crippen LogP contribution in [0.4, 0.5) is 0 Å². The second-order valence-electron chi connectivity index (χ2n) is 14.9. The number of aliphatic hydroxyl groups excluding tert-OH is 2. The maximum atomic E-state index is 13.1. The Hall–Kier alpha value is -3.48. The summed E-state index contributed by atoms with van der Waals surface area (Å²) in [6, 6.07) is -0.735. The molecule has 0 rings (SSSR count). The molecule has 0 aliphatic rings. The maximum Gasteiger partial charge on any atom is 0.306 e. The number of unbranched alkanes of at least 4 members (excludes halogenated alkanes) is 15. The summed E-state index contributed by atoms with van der Waals surface area (Å²) in [4.78, 5) is 26.0. The van der Waals surface area contributed by atoms with Crippen molar-refractivity contribution in [3.63, 3.8) is 0 Å². The molecule has 0 fully saturated rings. The Labute approximate surface area is 349 Å². The molecule has 322 valence electrons. The van der Waals surface area contributed by atoms with E-state index in [-0.39, 0.29) is 24.9 Å². The van der Waals surface area contributed by atoms with Crippen LogP contribution in [0.15, 0.2) is 109 Å². The molecule has 6 heteroatoms. The lowest BCUT2D eigenvalue weighted by Gasteiger charge is -2.24. The van der Waals surface area contributed by atoms with Crippen molar-refractivity contribution in [3.8, 4) is 0 Å². The van der Waals surface area contributed by atoms with Gasteiger partial charge in [-0.05, 0) is 57.8 Å². The predicted octanol–water partition coefficient (Wildman–Crippen LogP) is 13.2. The topological polar surface area (TPSA) is 95.9 Å². The van der Waals surface area contributed by atoms with Gasteiger partial charge < -0.3 is 20.3 Å². The fraction of sp³-hybridized carbons (Fsp3) is 0.608. The van der Waals surface area contributed by atoms with Crippen molar-refractivity contribution in [2.45, 2.75) is 193 Å². The highest BCUT2D eigenvalue weighted by molar-refractivity contribution is 5.77. The van der Waals surface area contributed by atoms with Gasteiger partial charge in [-0.25, -0.2) is 0 Å². The Morgan fingerprint density at radius 2 is 0.965 bits per heavy atom. The standard InChI is InChI=1S/C51H83NO5/c1-4-7-10-13-16-19-22-24-25-27-28-30-33-36-39-42-47(57-51(56)44-41-38-35-32-29-26-23-20-17-14-11-8-5-2)45-50(55)52-48(46-53)49(54)43-40-37-34-31-21-18-15-12-9-6-3/h7-8,10-11,13-14,16-17,19-20,22-25,27-28,30,33,47-49,53-54H,4-6,9,12,15,18,21,26,29,31-32,34-46H2,1-3H3,(H,52,55)/b10-7-,11-8+,16-13+,17-14+,22-19+,23-20-,25-24-,28-27+,33-30+. The Morgan fingerprint density at radius 1 is 0.526 bits per heavy atom. The molecule has 3 unspecified atom stereocenters. The maximum absolute atomic E-state index is 13.1. The van der Waals surface area contributed by atoms with Crippen molar-refractivity contribution in [3.05, 3.63) is 109 Å². The summed E-state index contributed by atoms with van der Waals surface area (Å²) in [5.74, 6) is -0.588. The highest BCUT2D eigenvalue weighted by Gasteiger charge is 2.24. The quantitative estimate of drug-likeness (QED) is 0.0329. The van der Waals surface area contributed by atoms with Crippen LogP contribution >= 0.6 is 0 Å². The Bertz CT molecular complexity index is 1200. The second-order valence-corrected chi connectivity index (χ2v) is 14.9. The van der Waals surface area contributed by atoms with Gasteiger partial charge in [-0.1, -0.05) is 214 Å². The predicted molar refractivity (Wildman–Crippen MR) is 245 cm³/mol. The van der Waals surface area contributed by atoms with Crippen molar-refractivity contribution < 1.29 is 24.5 Å². The summed E-state index contributed by atoms with van der Waals surface area (Å²) in [7, 11) is 0. The minimum atomic E-state index is -0.816. The van der Waals surface area contributed by atoms with Gasteiger partial charge in [0.1, 0.15) is 6.10 Å². The number of esters is 1. The third kappa shape index (κ3) is 39.1. The van der Waals surface area contributed by atoms with Gasteiger partial charge >= 0.3 is 5.97 Å². The van der Waals surface area contributed by atoms with Crippen molar-refractivity contribution in [1.29, 1.82) is 0 Å². The average Bonchev–Trinajstić information content (AvgIpc) is 3.20. The minimum absolute atomic E-state index is 0.0107. The molecular formula is C51H83NO5. The van der Waals surface area contributed by atoms with Gasteiger partial charge in [0.2, 0.25) is 5.91 Å². The van der Waals surface area contributed by atoms with Gasteiger partial charge in [-0.2, -0.15) is 0 Å². The molecule has 0 aliphatic heterocycles. The van der Waals surface area contributed by atoms with Gasteiger partial charge in [0.15, 0.2) is 0 Å². The van der Waals surface area contributed by atoms with Crippen LogP contribution in [0.2, 0.25) is 0 Å². The molecule has 1 amide bonds. The largest absolute Gasteiger partial charge is 0.462 e. The first-order valence-electron chi connectivity index (χ1n) is 22.7. The van der Waals surface area contributed by atoms with Crippen LogP contribution < -0.4 is 5.32 Å². The van der Waals surface area contributed by atoms with Crippen molar-refractivity contribution >= 4 is 11.9 Å². The number of rotatable bonds is 38. The highest BCUT2D eigenvalue weighted by atomic mass is 16.5.